The Hall–Kier alpha value is -0.285. The minimum atomic E-state index is 1.05. The molecule has 0 aliphatic heterocycles. The van der Waals surface area contributed by atoms with Crippen LogP contribution >= 0.6 is 9.12 Å². The van der Waals surface area contributed by atoms with Crippen molar-refractivity contribution in [2.24, 2.45) is 0 Å². The molecule has 2 heteroatoms. The molecule has 0 N–H and O–H groups in total. The van der Waals surface area contributed by atoms with Gasteiger partial charge in [0, 0.05) is 0 Å². The van der Waals surface area contributed by atoms with Gasteiger partial charge in [-0.15, -0.1) is 0 Å². The lowest BCUT2D eigenvalue weighted by atomic mass is 9.95. The van der Waals surface area contributed by atoms with E-state index in [9.17, 15) is 0 Å². The van der Waals surface area contributed by atoms with Gasteiger partial charge in [0.1, 0.15) is 7.00 Å². The molecule has 0 saturated heterocycles. The van der Waals surface area contributed by atoms with Crippen molar-refractivity contribution in [3.8, 4) is 0 Å². The molecule has 45 valence electrons. The van der Waals surface area contributed by atoms with Crippen LogP contribution in [0.2, 0.25) is 0 Å². The molecule has 0 aliphatic rings. The molecule has 1 unspecified atom stereocenters. The van der Waals surface area contributed by atoms with Crippen molar-refractivity contribution in [3.63, 3.8) is 0 Å². The molecule has 0 amide bonds. The Balaban J connectivity index is 2.61. The van der Waals surface area contributed by atoms with Crippen LogP contribution in [-0.2, 0) is 6.32 Å². The van der Waals surface area contributed by atoms with E-state index in [0.717, 1.165) is 6.32 Å². The van der Waals surface area contributed by atoms with Crippen molar-refractivity contribution in [3.05, 3.63) is 35.9 Å². The Morgan fingerprint density at radius 3 is 2.44 bits per heavy atom. The zero-order chi connectivity index (χ0) is 6.53. The molecule has 0 nitrogen and oxygen atoms in total. The summed E-state index contributed by atoms with van der Waals surface area (Å²) in [5.74, 6) is 0. The highest BCUT2D eigenvalue weighted by atomic mass is 31.0. The molecule has 0 aromatic heterocycles. The van der Waals surface area contributed by atoms with E-state index in [2.05, 4.69) is 40.4 Å². The standard InChI is InChI=1S/C7H9BP/c9-8-6-7-4-2-1-3-5-7/h1-5H,6,9H2. The quantitative estimate of drug-likeness (QED) is 0.427. The summed E-state index contributed by atoms with van der Waals surface area (Å²) in [5, 5.41) is 0. The zero-order valence-corrected chi connectivity index (χ0v) is 6.40. The number of rotatable bonds is 2. The smallest absolute Gasteiger partial charge is 0.143 e. The van der Waals surface area contributed by atoms with Crippen LogP contribution in [0.15, 0.2) is 30.3 Å². The normalized spacial score (nSPS) is 9.00. The van der Waals surface area contributed by atoms with Crippen molar-refractivity contribution >= 4 is 16.1 Å². The van der Waals surface area contributed by atoms with Crippen molar-refractivity contribution in [2.75, 3.05) is 0 Å². The van der Waals surface area contributed by atoms with E-state index >= 15 is 0 Å². The molecule has 0 saturated carbocycles. The lowest BCUT2D eigenvalue weighted by Gasteiger charge is -1.92. The number of benzene rings is 1. The predicted octanol–water partition coefficient (Wildman–Crippen LogP) is 1.68. The van der Waals surface area contributed by atoms with Gasteiger partial charge in [0.15, 0.2) is 0 Å². The van der Waals surface area contributed by atoms with Crippen LogP contribution < -0.4 is 0 Å². The van der Waals surface area contributed by atoms with Gasteiger partial charge >= 0.3 is 0 Å². The Kier molecular flexibility index (Phi) is 2.80. The highest BCUT2D eigenvalue weighted by Crippen LogP contribution is 1.98. The first-order chi connectivity index (χ1) is 4.43. The molecule has 0 aliphatic carbocycles. The minimum Gasteiger partial charge on any atom is -0.178 e. The number of hydrogen-bond donors (Lipinski definition) is 0. The third-order valence-electron chi connectivity index (χ3n) is 1.20. The monoisotopic (exact) mass is 135 g/mol. The minimum absolute atomic E-state index is 1.05. The van der Waals surface area contributed by atoms with E-state index in [1.807, 2.05) is 6.07 Å². The second-order valence-corrected chi connectivity index (χ2v) is 2.40. The average molecular weight is 135 g/mol. The van der Waals surface area contributed by atoms with E-state index in [0.29, 0.717) is 0 Å². The van der Waals surface area contributed by atoms with Gasteiger partial charge in [-0.3, -0.25) is 0 Å². The van der Waals surface area contributed by atoms with Crippen LogP contribution in [0.3, 0.4) is 0 Å². The van der Waals surface area contributed by atoms with Crippen LogP contribution in [0, 0.1) is 0 Å². The summed E-state index contributed by atoms with van der Waals surface area (Å²) >= 11 is 0. The second-order valence-electron chi connectivity index (χ2n) is 1.93. The Morgan fingerprint density at radius 1 is 1.22 bits per heavy atom. The fourth-order valence-corrected chi connectivity index (χ4v) is 1.02. The molecule has 1 aromatic carbocycles. The Bertz CT molecular complexity index is 162. The maximum atomic E-state index is 2.60. The van der Waals surface area contributed by atoms with Crippen molar-refractivity contribution in [2.45, 2.75) is 6.32 Å². The van der Waals surface area contributed by atoms with E-state index in [4.69, 9.17) is 0 Å². The highest BCUT2D eigenvalue weighted by Gasteiger charge is 1.86. The van der Waals surface area contributed by atoms with Crippen LogP contribution in [0.5, 0.6) is 0 Å². The molecule has 1 aromatic rings. The van der Waals surface area contributed by atoms with Crippen LogP contribution in [0.1, 0.15) is 5.56 Å². The van der Waals surface area contributed by atoms with Gasteiger partial charge in [0.25, 0.3) is 0 Å². The van der Waals surface area contributed by atoms with Crippen molar-refractivity contribution < 1.29 is 0 Å². The summed E-state index contributed by atoms with van der Waals surface area (Å²) < 4.78 is 0. The molecular weight excluding hydrogens is 126 g/mol. The molecular formula is C7H9BP. The van der Waals surface area contributed by atoms with E-state index < -0.39 is 0 Å². The molecule has 9 heavy (non-hydrogen) atoms. The predicted molar refractivity (Wildman–Crippen MR) is 45.6 cm³/mol. The third kappa shape index (κ3) is 2.19. The molecule has 1 rings (SSSR count). The van der Waals surface area contributed by atoms with Crippen molar-refractivity contribution in [1.29, 1.82) is 0 Å². The summed E-state index contributed by atoms with van der Waals surface area (Å²) in [5.41, 5.74) is 1.37. The van der Waals surface area contributed by atoms with Crippen LogP contribution in [0.25, 0.3) is 0 Å². The average Bonchev–Trinajstić information content (AvgIpc) is 1.91. The fourth-order valence-electron chi connectivity index (χ4n) is 0.750. The molecule has 0 heterocycles. The van der Waals surface area contributed by atoms with Gasteiger partial charge < -0.3 is 0 Å². The van der Waals surface area contributed by atoms with Gasteiger partial charge in [-0.2, -0.15) is 9.12 Å². The summed E-state index contributed by atoms with van der Waals surface area (Å²) in [6, 6.07) is 10.4. The summed E-state index contributed by atoms with van der Waals surface area (Å²) in [7, 11) is 2.60. The third-order valence-corrected chi connectivity index (χ3v) is 1.43. The summed E-state index contributed by atoms with van der Waals surface area (Å²) in [6.45, 7) is 2.08. The van der Waals surface area contributed by atoms with E-state index in [1.165, 1.54) is 5.56 Å². The Labute approximate surface area is 59.1 Å². The maximum absolute atomic E-state index is 2.60. The largest absolute Gasteiger partial charge is 0.178 e. The summed E-state index contributed by atoms with van der Waals surface area (Å²) in [4.78, 5) is 0. The lowest BCUT2D eigenvalue weighted by Crippen LogP contribution is -1.85. The highest BCUT2D eigenvalue weighted by molar-refractivity contribution is 7.55. The molecule has 0 bridgehead atoms. The van der Waals surface area contributed by atoms with Gasteiger partial charge in [-0.05, 0) is 0 Å². The Morgan fingerprint density at radius 2 is 1.89 bits per heavy atom. The van der Waals surface area contributed by atoms with E-state index in [1.54, 1.807) is 0 Å². The van der Waals surface area contributed by atoms with Crippen molar-refractivity contribution in [1.82, 2.24) is 0 Å². The van der Waals surface area contributed by atoms with Gasteiger partial charge in [-0.1, -0.05) is 42.2 Å². The fraction of sp³-hybridized carbons (Fsp3) is 0.143. The van der Waals surface area contributed by atoms with Crippen LogP contribution in [-0.4, -0.2) is 7.00 Å². The first-order valence-corrected chi connectivity index (χ1v) is 3.67. The lowest BCUT2D eigenvalue weighted by molar-refractivity contribution is 1.40. The first-order valence-electron chi connectivity index (χ1n) is 3.01. The van der Waals surface area contributed by atoms with Gasteiger partial charge in [-0.25, -0.2) is 0 Å². The SMILES string of the molecule is P[B]Cc1ccccc1. The van der Waals surface area contributed by atoms with E-state index in [-0.39, 0.29) is 0 Å². The van der Waals surface area contributed by atoms with Gasteiger partial charge in [0.05, 0.1) is 0 Å². The van der Waals surface area contributed by atoms with Crippen LogP contribution in [0.4, 0.5) is 0 Å². The molecule has 0 spiro atoms. The maximum Gasteiger partial charge on any atom is 0.143 e. The first kappa shape index (κ1) is 6.83. The second kappa shape index (κ2) is 3.69. The van der Waals surface area contributed by atoms with Gasteiger partial charge in [0.2, 0.25) is 0 Å². The molecule has 0 fully saturated rings. The zero-order valence-electron chi connectivity index (χ0n) is 5.25. The topological polar surface area (TPSA) is 0 Å². The molecule has 1 atom stereocenters. The summed E-state index contributed by atoms with van der Waals surface area (Å²) in [6.07, 6.45) is 1.05. The molecule has 1 radical (unpaired) electrons. The number of hydrogen-bond acceptors (Lipinski definition) is 0.